The van der Waals surface area contributed by atoms with E-state index in [1.165, 1.54) is 23.5 Å². The average Bonchev–Trinajstić information content (AvgIpc) is 3.06. The summed E-state index contributed by atoms with van der Waals surface area (Å²) in [5.74, 6) is -0.292. The Balaban J connectivity index is 1.54. The molecular formula is C15H16FN5O2S. The van der Waals surface area contributed by atoms with Crippen LogP contribution >= 0.6 is 11.3 Å². The number of nitrogens with one attached hydrogen (secondary N) is 2. The van der Waals surface area contributed by atoms with Gasteiger partial charge in [-0.05, 0) is 17.7 Å². The summed E-state index contributed by atoms with van der Waals surface area (Å²) in [6, 6.07) is 5.63. The quantitative estimate of drug-likeness (QED) is 0.878. The van der Waals surface area contributed by atoms with Crippen molar-refractivity contribution in [1.82, 2.24) is 20.4 Å². The van der Waals surface area contributed by atoms with Crippen molar-refractivity contribution < 1.29 is 14.0 Å². The largest absolute Gasteiger partial charge is 0.344 e. The van der Waals surface area contributed by atoms with Gasteiger partial charge in [-0.25, -0.2) is 9.18 Å². The van der Waals surface area contributed by atoms with Crippen molar-refractivity contribution in [2.24, 2.45) is 0 Å². The van der Waals surface area contributed by atoms with Crippen LogP contribution in [0.25, 0.3) is 0 Å². The summed E-state index contributed by atoms with van der Waals surface area (Å²) in [4.78, 5) is 24.9. The average molecular weight is 349 g/mol. The maximum atomic E-state index is 13.2. The predicted molar refractivity (Wildman–Crippen MR) is 87.3 cm³/mol. The van der Waals surface area contributed by atoms with E-state index < -0.39 is 6.03 Å². The van der Waals surface area contributed by atoms with Crippen LogP contribution in [0, 0.1) is 5.82 Å². The van der Waals surface area contributed by atoms with Gasteiger partial charge in [0.25, 0.3) is 0 Å². The van der Waals surface area contributed by atoms with Gasteiger partial charge in [0.2, 0.25) is 11.0 Å². The summed E-state index contributed by atoms with van der Waals surface area (Å²) in [6.45, 7) is 0.493. The molecule has 1 saturated heterocycles. The Hall–Kier alpha value is -2.55. The maximum absolute atomic E-state index is 13.2. The number of benzene rings is 1. The molecule has 2 aromatic rings. The Bertz CT molecular complexity index is 766. The van der Waals surface area contributed by atoms with Gasteiger partial charge in [-0.1, -0.05) is 23.5 Å². The van der Waals surface area contributed by atoms with Crippen LogP contribution in [-0.4, -0.2) is 46.7 Å². The highest BCUT2D eigenvalue weighted by molar-refractivity contribution is 7.15. The Morgan fingerprint density at radius 3 is 3.00 bits per heavy atom. The second-order valence-corrected chi connectivity index (χ2v) is 6.64. The van der Waals surface area contributed by atoms with Crippen LogP contribution in [0.2, 0.25) is 0 Å². The summed E-state index contributed by atoms with van der Waals surface area (Å²) in [6.07, 6.45) is 0.742. The van der Waals surface area contributed by atoms with Gasteiger partial charge in [0.05, 0.1) is 6.04 Å². The number of carbonyl (C=O) groups is 2. The topological polar surface area (TPSA) is 87.2 Å². The highest BCUT2D eigenvalue weighted by atomic mass is 32.1. The van der Waals surface area contributed by atoms with Gasteiger partial charge < -0.3 is 10.2 Å². The minimum absolute atomic E-state index is 0.00796. The zero-order chi connectivity index (χ0) is 17.1. The van der Waals surface area contributed by atoms with Crippen LogP contribution in [-0.2, 0) is 11.2 Å². The van der Waals surface area contributed by atoms with Gasteiger partial charge in [-0.15, -0.1) is 10.2 Å². The minimum atomic E-state index is -0.420. The van der Waals surface area contributed by atoms with E-state index >= 15 is 0 Å². The summed E-state index contributed by atoms with van der Waals surface area (Å²) in [5, 5.41) is 14.3. The molecule has 1 aromatic heterocycles. The molecule has 1 aliphatic rings. The minimum Gasteiger partial charge on any atom is -0.344 e. The Morgan fingerprint density at radius 1 is 1.46 bits per heavy atom. The van der Waals surface area contributed by atoms with Gasteiger partial charge in [-0.3, -0.25) is 10.1 Å². The Labute approximate surface area is 141 Å². The lowest BCUT2D eigenvalue weighted by atomic mass is 10.1. The molecule has 3 rings (SSSR count). The van der Waals surface area contributed by atoms with Crippen LogP contribution in [0.3, 0.4) is 0 Å². The highest BCUT2D eigenvalue weighted by Crippen LogP contribution is 2.19. The molecule has 0 saturated carbocycles. The molecule has 1 aliphatic heterocycles. The van der Waals surface area contributed by atoms with Crippen molar-refractivity contribution >= 4 is 28.4 Å². The number of nitrogens with zero attached hydrogens (tertiary/aromatic N) is 3. The molecule has 0 radical (unpaired) electrons. The number of likely N-dealkylation sites (tertiary alicyclic amines) is 1. The SMILES string of the molecule is CN1C[C@@H](NC(=O)Nc2nnc(Cc3cccc(F)c3)s2)CC1=O. The molecular weight excluding hydrogens is 333 g/mol. The van der Waals surface area contributed by atoms with Crippen molar-refractivity contribution in [2.45, 2.75) is 18.9 Å². The second-order valence-electron chi connectivity index (χ2n) is 5.58. The predicted octanol–water partition coefficient (Wildman–Crippen LogP) is 1.62. The van der Waals surface area contributed by atoms with E-state index in [1.807, 2.05) is 0 Å². The number of anilines is 1. The zero-order valence-corrected chi connectivity index (χ0v) is 13.8. The highest BCUT2D eigenvalue weighted by Gasteiger charge is 2.28. The first-order valence-corrected chi connectivity index (χ1v) is 8.19. The van der Waals surface area contributed by atoms with Gasteiger partial charge in [0.1, 0.15) is 10.8 Å². The molecule has 0 unspecified atom stereocenters. The van der Waals surface area contributed by atoms with Gasteiger partial charge in [-0.2, -0.15) is 0 Å². The van der Waals surface area contributed by atoms with Crippen molar-refractivity contribution in [3.63, 3.8) is 0 Å². The van der Waals surface area contributed by atoms with Crippen molar-refractivity contribution in [3.8, 4) is 0 Å². The van der Waals surface area contributed by atoms with Crippen molar-refractivity contribution in [1.29, 1.82) is 0 Å². The lowest BCUT2D eigenvalue weighted by molar-refractivity contribution is -0.126. The normalized spacial score (nSPS) is 17.2. The Morgan fingerprint density at radius 2 is 2.29 bits per heavy atom. The van der Waals surface area contributed by atoms with E-state index in [1.54, 1.807) is 24.1 Å². The number of aromatic nitrogens is 2. The molecule has 0 spiro atoms. The number of urea groups is 1. The molecule has 24 heavy (non-hydrogen) atoms. The standard InChI is InChI=1S/C15H16FN5O2S/c1-21-8-11(7-13(21)22)17-14(23)18-15-20-19-12(24-15)6-9-3-2-4-10(16)5-9/h2-5,11H,6-8H2,1H3,(H2,17,18,20,23)/t11-/m0/s1. The van der Waals surface area contributed by atoms with E-state index in [9.17, 15) is 14.0 Å². The second kappa shape index (κ2) is 6.91. The monoisotopic (exact) mass is 349 g/mol. The van der Waals surface area contributed by atoms with Gasteiger partial charge >= 0.3 is 6.03 Å². The molecule has 1 fully saturated rings. The number of amides is 3. The molecule has 7 nitrogen and oxygen atoms in total. The van der Waals surface area contributed by atoms with Gasteiger partial charge in [0, 0.05) is 26.4 Å². The number of hydrogen-bond donors (Lipinski definition) is 2. The first-order valence-electron chi connectivity index (χ1n) is 7.38. The first kappa shape index (κ1) is 16.3. The molecule has 9 heteroatoms. The summed E-state index contributed by atoms with van der Waals surface area (Å²) >= 11 is 1.23. The number of halogens is 1. The number of carbonyl (C=O) groups excluding carboxylic acids is 2. The van der Waals surface area contributed by atoms with E-state index in [4.69, 9.17) is 0 Å². The van der Waals surface area contributed by atoms with Gasteiger partial charge in [0.15, 0.2) is 0 Å². The fourth-order valence-electron chi connectivity index (χ4n) is 2.48. The van der Waals surface area contributed by atoms with Crippen LogP contribution < -0.4 is 10.6 Å². The summed E-state index contributed by atoms with van der Waals surface area (Å²) < 4.78 is 13.2. The van der Waals surface area contributed by atoms with Crippen LogP contribution in [0.5, 0.6) is 0 Å². The molecule has 1 aromatic carbocycles. The molecule has 0 aliphatic carbocycles. The van der Waals surface area contributed by atoms with Crippen molar-refractivity contribution in [2.75, 3.05) is 18.9 Å². The van der Waals surface area contributed by atoms with Crippen LogP contribution in [0.1, 0.15) is 17.0 Å². The van der Waals surface area contributed by atoms with Crippen LogP contribution in [0.4, 0.5) is 14.3 Å². The molecule has 2 heterocycles. The number of hydrogen-bond acceptors (Lipinski definition) is 5. The molecule has 3 amide bonds. The molecule has 0 bridgehead atoms. The van der Waals surface area contributed by atoms with Crippen LogP contribution in [0.15, 0.2) is 24.3 Å². The third-order valence-corrected chi connectivity index (χ3v) is 4.45. The fourth-order valence-corrected chi connectivity index (χ4v) is 3.24. The molecule has 1 atom stereocenters. The fraction of sp³-hybridized carbons (Fsp3) is 0.333. The lowest BCUT2D eigenvalue weighted by Gasteiger charge is -2.11. The number of likely N-dealkylation sites (N-methyl/N-ethyl adjacent to an activating group) is 1. The number of rotatable bonds is 4. The van der Waals surface area contributed by atoms with Crippen molar-refractivity contribution in [3.05, 3.63) is 40.7 Å². The van der Waals surface area contributed by atoms with E-state index in [0.717, 1.165) is 5.56 Å². The molecule has 2 N–H and O–H groups in total. The summed E-state index contributed by atoms with van der Waals surface area (Å²) in [7, 11) is 1.70. The third kappa shape index (κ3) is 4.05. The molecule has 126 valence electrons. The van der Waals surface area contributed by atoms with E-state index in [-0.39, 0.29) is 17.8 Å². The first-order chi connectivity index (χ1) is 11.5. The third-order valence-electron chi connectivity index (χ3n) is 3.61. The Kier molecular flexibility index (Phi) is 4.70. The maximum Gasteiger partial charge on any atom is 0.321 e. The lowest BCUT2D eigenvalue weighted by Crippen LogP contribution is -2.39. The zero-order valence-electron chi connectivity index (χ0n) is 13.0. The smallest absolute Gasteiger partial charge is 0.321 e. The van der Waals surface area contributed by atoms with E-state index in [2.05, 4.69) is 20.8 Å². The van der Waals surface area contributed by atoms with E-state index in [0.29, 0.717) is 29.5 Å². The summed E-state index contributed by atoms with van der Waals surface area (Å²) in [5.41, 5.74) is 0.787.